The van der Waals surface area contributed by atoms with Crippen LogP contribution < -0.4 is 5.32 Å². The molecule has 0 aliphatic heterocycles. The molecule has 6 heteroatoms. The molecule has 2 N–H and O–H groups in total. The van der Waals surface area contributed by atoms with Gasteiger partial charge < -0.3 is 15.3 Å². The fourth-order valence-corrected chi connectivity index (χ4v) is 3.78. The molecule has 4 atom stereocenters. The zero-order valence-corrected chi connectivity index (χ0v) is 14.3. The Bertz CT molecular complexity index is 723. The van der Waals surface area contributed by atoms with Crippen molar-refractivity contribution in [1.82, 2.24) is 4.90 Å². The number of anilines is 1. The average Bonchev–Trinajstić information content (AvgIpc) is 3.17. The van der Waals surface area contributed by atoms with Crippen LogP contribution >= 0.6 is 0 Å². The van der Waals surface area contributed by atoms with E-state index in [1.807, 2.05) is 12.2 Å². The molecule has 2 amide bonds. The summed E-state index contributed by atoms with van der Waals surface area (Å²) in [5, 5.41) is 12.3. The summed E-state index contributed by atoms with van der Waals surface area (Å²) in [5.74, 6) is -2.36. The lowest BCUT2D eigenvalue weighted by molar-refractivity contribution is -0.146. The number of likely N-dealkylation sites (N-methyl/N-ethyl adjacent to an activating group) is 1. The van der Waals surface area contributed by atoms with E-state index < -0.39 is 17.8 Å². The molecule has 1 saturated carbocycles. The highest BCUT2D eigenvalue weighted by Gasteiger charge is 2.51. The van der Waals surface area contributed by atoms with Crippen LogP contribution in [0.2, 0.25) is 0 Å². The number of allylic oxidation sites excluding steroid dienone is 2. The van der Waals surface area contributed by atoms with Crippen LogP contribution in [0, 0.1) is 23.7 Å². The molecule has 0 saturated heterocycles. The van der Waals surface area contributed by atoms with Crippen molar-refractivity contribution in [3.8, 4) is 0 Å². The first-order valence-corrected chi connectivity index (χ1v) is 8.38. The minimum Gasteiger partial charge on any atom is -0.481 e. The van der Waals surface area contributed by atoms with E-state index in [2.05, 4.69) is 5.32 Å². The van der Waals surface area contributed by atoms with Crippen molar-refractivity contribution in [2.24, 2.45) is 23.7 Å². The number of hydrogen-bond acceptors (Lipinski definition) is 3. The maximum absolute atomic E-state index is 12.6. The van der Waals surface area contributed by atoms with E-state index in [9.17, 15) is 19.5 Å². The summed E-state index contributed by atoms with van der Waals surface area (Å²) >= 11 is 0. The van der Waals surface area contributed by atoms with Crippen molar-refractivity contribution >= 4 is 23.5 Å². The standard InChI is InChI=1S/C19H22N2O4/c1-21(2)15(22)9-11-3-7-14(8-4-11)20-18(23)16-12-5-6-13(10-12)17(16)19(24)25/h3-8,12-13,16-17H,9-10H2,1-2H3,(H,20,23)(H,24,25)/t12-,13-,16-,17-/m0/s1. The number of hydrogen-bond donors (Lipinski definition) is 2. The maximum atomic E-state index is 12.6. The number of carboxylic acids is 1. The van der Waals surface area contributed by atoms with Gasteiger partial charge in [0, 0.05) is 19.8 Å². The maximum Gasteiger partial charge on any atom is 0.307 e. The van der Waals surface area contributed by atoms with Crippen LogP contribution in [0.4, 0.5) is 5.69 Å². The number of nitrogens with one attached hydrogen (secondary N) is 1. The minimum atomic E-state index is -0.908. The smallest absolute Gasteiger partial charge is 0.307 e. The number of rotatable bonds is 5. The van der Waals surface area contributed by atoms with Gasteiger partial charge in [0.15, 0.2) is 0 Å². The average molecular weight is 342 g/mol. The zero-order chi connectivity index (χ0) is 18.1. The van der Waals surface area contributed by atoms with Crippen molar-refractivity contribution in [2.45, 2.75) is 12.8 Å². The van der Waals surface area contributed by atoms with Gasteiger partial charge in [-0.3, -0.25) is 14.4 Å². The van der Waals surface area contributed by atoms with Gasteiger partial charge in [-0.15, -0.1) is 0 Å². The highest BCUT2D eigenvalue weighted by molar-refractivity contribution is 5.96. The first-order chi connectivity index (χ1) is 11.9. The summed E-state index contributed by atoms with van der Waals surface area (Å²) < 4.78 is 0. The van der Waals surface area contributed by atoms with Gasteiger partial charge in [-0.1, -0.05) is 24.3 Å². The molecule has 0 radical (unpaired) electrons. The summed E-state index contributed by atoms with van der Waals surface area (Å²) in [6, 6.07) is 7.09. The Morgan fingerprint density at radius 2 is 1.68 bits per heavy atom. The largest absolute Gasteiger partial charge is 0.481 e. The molecule has 6 nitrogen and oxygen atoms in total. The second-order valence-electron chi connectivity index (χ2n) is 6.99. The topological polar surface area (TPSA) is 86.7 Å². The van der Waals surface area contributed by atoms with Crippen LogP contribution in [-0.4, -0.2) is 41.9 Å². The number of carbonyl (C=O) groups is 3. The lowest BCUT2D eigenvalue weighted by atomic mass is 9.82. The Morgan fingerprint density at radius 1 is 1.08 bits per heavy atom. The summed E-state index contributed by atoms with van der Waals surface area (Å²) in [4.78, 5) is 37.4. The molecule has 1 aromatic rings. The lowest BCUT2D eigenvalue weighted by Crippen LogP contribution is -2.36. The van der Waals surface area contributed by atoms with Crippen LogP contribution in [0.15, 0.2) is 36.4 Å². The van der Waals surface area contributed by atoms with Crippen LogP contribution in [0.3, 0.4) is 0 Å². The highest BCUT2D eigenvalue weighted by Crippen LogP contribution is 2.48. The number of benzene rings is 1. The molecule has 0 unspecified atom stereocenters. The van der Waals surface area contributed by atoms with Crippen molar-refractivity contribution in [3.63, 3.8) is 0 Å². The Balaban J connectivity index is 1.66. The molecule has 2 aliphatic rings. The molecule has 25 heavy (non-hydrogen) atoms. The molecule has 0 aromatic heterocycles. The SMILES string of the molecule is CN(C)C(=O)Cc1ccc(NC(=O)[C@@H]2[C@@H](C(=O)O)[C@H]3C=C[C@H]2C3)cc1. The predicted molar refractivity (Wildman–Crippen MR) is 92.8 cm³/mol. The van der Waals surface area contributed by atoms with Crippen molar-refractivity contribution < 1.29 is 19.5 Å². The molecule has 0 spiro atoms. The van der Waals surface area contributed by atoms with E-state index in [0.717, 1.165) is 12.0 Å². The van der Waals surface area contributed by atoms with Gasteiger partial charge in [0.25, 0.3) is 0 Å². The predicted octanol–water partition coefficient (Wildman–Crippen LogP) is 1.78. The normalized spacial score (nSPS) is 26.5. The van der Waals surface area contributed by atoms with Gasteiger partial charge in [-0.2, -0.15) is 0 Å². The Kier molecular flexibility index (Phi) is 4.61. The third-order valence-corrected chi connectivity index (χ3v) is 5.12. The second-order valence-corrected chi connectivity index (χ2v) is 6.99. The van der Waals surface area contributed by atoms with E-state index in [1.165, 1.54) is 4.90 Å². The first kappa shape index (κ1) is 17.2. The Hall–Kier alpha value is -2.63. The molecular formula is C19H22N2O4. The fraction of sp³-hybridized carbons (Fsp3) is 0.421. The third-order valence-electron chi connectivity index (χ3n) is 5.12. The molecule has 1 aromatic carbocycles. The molecule has 1 fully saturated rings. The number of aliphatic carboxylic acids is 1. The number of fused-ring (bicyclic) bond motifs is 2. The number of amides is 2. The quantitative estimate of drug-likeness (QED) is 0.799. The van der Waals surface area contributed by atoms with E-state index in [4.69, 9.17) is 0 Å². The number of carboxylic acid groups (broad SMARTS) is 1. The van der Waals surface area contributed by atoms with Gasteiger partial charge in [-0.05, 0) is 36.0 Å². The van der Waals surface area contributed by atoms with E-state index in [1.54, 1.807) is 38.4 Å². The lowest BCUT2D eigenvalue weighted by Gasteiger charge is -2.23. The Morgan fingerprint density at radius 3 is 2.24 bits per heavy atom. The first-order valence-electron chi connectivity index (χ1n) is 8.38. The monoisotopic (exact) mass is 342 g/mol. The van der Waals surface area contributed by atoms with Crippen LogP contribution in [-0.2, 0) is 20.8 Å². The zero-order valence-electron chi connectivity index (χ0n) is 14.3. The van der Waals surface area contributed by atoms with Gasteiger partial charge in [0.05, 0.1) is 18.3 Å². The molecule has 2 aliphatic carbocycles. The van der Waals surface area contributed by atoms with Gasteiger partial charge in [0.2, 0.25) is 11.8 Å². The van der Waals surface area contributed by atoms with E-state index in [-0.39, 0.29) is 23.7 Å². The van der Waals surface area contributed by atoms with Crippen molar-refractivity contribution in [2.75, 3.05) is 19.4 Å². The molecule has 2 bridgehead atoms. The molecule has 0 heterocycles. The van der Waals surface area contributed by atoms with Crippen molar-refractivity contribution in [1.29, 1.82) is 0 Å². The number of nitrogens with zero attached hydrogens (tertiary/aromatic N) is 1. The fourth-order valence-electron chi connectivity index (χ4n) is 3.78. The van der Waals surface area contributed by atoms with Crippen LogP contribution in [0.1, 0.15) is 12.0 Å². The molecular weight excluding hydrogens is 320 g/mol. The van der Waals surface area contributed by atoms with Crippen LogP contribution in [0.25, 0.3) is 0 Å². The Labute approximate surface area is 146 Å². The summed E-state index contributed by atoms with van der Waals surface area (Å²) in [5.41, 5.74) is 1.48. The second kappa shape index (κ2) is 6.70. The van der Waals surface area contributed by atoms with Crippen molar-refractivity contribution in [3.05, 3.63) is 42.0 Å². The highest BCUT2D eigenvalue weighted by atomic mass is 16.4. The summed E-state index contributed by atoms with van der Waals surface area (Å²) in [6.45, 7) is 0. The van der Waals surface area contributed by atoms with Gasteiger partial charge in [-0.25, -0.2) is 0 Å². The van der Waals surface area contributed by atoms with E-state index in [0.29, 0.717) is 12.1 Å². The van der Waals surface area contributed by atoms with Gasteiger partial charge >= 0.3 is 5.97 Å². The molecule has 132 valence electrons. The third kappa shape index (κ3) is 3.43. The summed E-state index contributed by atoms with van der Waals surface area (Å²) in [6.07, 6.45) is 4.92. The minimum absolute atomic E-state index is 0.00286. The molecule has 3 rings (SSSR count). The van der Waals surface area contributed by atoms with E-state index >= 15 is 0 Å². The summed E-state index contributed by atoms with van der Waals surface area (Å²) in [7, 11) is 3.42. The van der Waals surface area contributed by atoms with Crippen LogP contribution in [0.5, 0.6) is 0 Å². The van der Waals surface area contributed by atoms with Gasteiger partial charge in [0.1, 0.15) is 0 Å². The number of carbonyl (C=O) groups excluding carboxylic acids is 2.